The van der Waals surface area contributed by atoms with E-state index in [1.807, 2.05) is 36.1 Å². The zero-order valence-corrected chi connectivity index (χ0v) is 24.1. The monoisotopic (exact) mass is 523 g/mol. The first kappa shape index (κ1) is 31.1. The predicted molar refractivity (Wildman–Crippen MR) is 155 cm³/mol. The third-order valence-electron chi connectivity index (χ3n) is 6.57. The molecule has 0 bridgehead atoms. The van der Waals surface area contributed by atoms with Gasteiger partial charge in [0.15, 0.2) is 23.8 Å². The molecular formula is C32H47N2O4+. The normalized spacial score (nSPS) is 11.2. The van der Waals surface area contributed by atoms with Gasteiger partial charge >= 0.3 is 0 Å². The van der Waals surface area contributed by atoms with E-state index in [1.165, 1.54) is 0 Å². The van der Waals surface area contributed by atoms with Crippen molar-refractivity contribution in [3.63, 3.8) is 0 Å². The SMILES string of the molecule is C=CCc1cccc(Oc2ccc(C(=O)CC)cc2)c1OCC[N+](C)(C)CC(=O)N(CCCC)CCCC. The van der Waals surface area contributed by atoms with E-state index < -0.39 is 0 Å². The largest absolute Gasteiger partial charge is 0.483 e. The number of carbonyl (C=O) groups excluding carboxylic acids is 2. The Morgan fingerprint density at radius 2 is 1.63 bits per heavy atom. The molecule has 0 aromatic heterocycles. The van der Waals surface area contributed by atoms with Crippen molar-refractivity contribution in [1.29, 1.82) is 0 Å². The number of para-hydroxylation sites is 1. The second kappa shape index (κ2) is 16.0. The van der Waals surface area contributed by atoms with Gasteiger partial charge in [-0.25, -0.2) is 0 Å². The molecule has 0 saturated carbocycles. The Morgan fingerprint density at radius 1 is 0.974 bits per heavy atom. The number of ether oxygens (including phenoxy) is 2. The van der Waals surface area contributed by atoms with Crippen LogP contribution in [0.2, 0.25) is 0 Å². The molecule has 2 aromatic carbocycles. The highest BCUT2D eigenvalue weighted by atomic mass is 16.5. The van der Waals surface area contributed by atoms with Crippen molar-refractivity contribution in [2.24, 2.45) is 0 Å². The molecule has 0 aliphatic rings. The number of unbranched alkanes of at least 4 members (excludes halogenated alkanes) is 2. The summed E-state index contributed by atoms with van der Waals surface area (Å²) in [6.45, 7) is 13.3. The van der Waals surface area contributed by atoms with Crippen molar-refractivity contribution in [2.75, 3.05) is 46.9 Å². The number of allylic oxidation sites excluding steroid dienone is 1. The summed E-state index contributed by atoms with van der Waals surface area (Å²) in [4.78, 5) is 27.1. The van der Waals surface area contributed by atoms with Crippen LogP contribution in [0.3, 0.4) is 0 Å². The molecular weight excluding hydrogens is 476 g/mol. The highest BCUT2D eigenvalue weighted by molar-refractivity contribution is 5.95. The molecule has 0 saturated heterocycles. The van der Waals surface area contributed by atoms with Crippen molar-refractivity contribution in [2.45, 2.75) is 59.3 Å². The summed E-state index contributed by atoms with van der Waals surface area (Å²) >= 11 is 0. The Hall–Kier alpha value is -3.12. The summed E-state index contributed by atoms with van der Waals surface area (Å²) in [7, 11) is 4.15. The van der Waals surface area contributed by atoms with Gasteiger partial charge in [0.05, 0.1) is 14.1 Å². The van der Waals surface area contributed by atoms with Crippen LogP contribution in [0.1, 0.15) is 68.8 Å². The maximum absolute atomic E-state index is 13.1. The molecule has 1 amide bonds. The summed E-state index contributed by atoms with van der Waals surface area (Å²) in [5.74, 6) is 2.24. The number of nitrogens with zero attached hydrogens (tertiary/aromatic N) is 2. The van der Waals surface area contributed by atoms with Crippen LogP contribution in [0.25, 0.3) is 0 Å². The number of amides is 1. The maximum atomic E-state index is 13.1. The number of ketones is 1. The molecule has 208 valence electrons. The van der Waals surface area contributed by atoms with Gasteiger partial charge in [0.2, 0.25) is 0 Å². The zero-order chi connectivity index (χ0) is 28.0. The van der Waals surface area contributed by atoms with Gasteiger partial charge in [-0.05, 0) is 49.6 Å². The van der Waals surface area contributed by atoms with Crippen molar-refractivity contribution >= 4 is 11.7 Å². The summed E-state index contributed by atoms with van der Waals surface area (Å²) in [6, 6.07) is 13.0. The number of hydrogen-bond donors (Lipinski definition) is 0. The molecule has 0 spiro atoms. The Balaban J connectivity index is 2.09. The van der Waals surface area contributed by atoms with Crippen LogP contribution in [0.4, 0.5) is 0 Å². The first-order valence-corrected chi connectivity index (χ1v) is 14.0. The van der Waals surface area contributed by atoms with Crippen LogP contribution in [-0.4, -0.2) is 68.0 Å². The molecule has 0 aliphatic carbocycles. The summed E-state index contributed by atoms with van der Waals surface area (Å²) < 4.78 is 13.0. The molecule has 0 fully saturated rings. The van der Waals surface area contributed by atoms with Gasteiger partial charge in [0.25, 0.3) is 5.91 Å². The van der Waals surface area contributed by atoms with Gasteiger partial charge in [0, 0.05) is 30.6 Å². The Morgan fingerprint density at radius 3 is 2.21 bits per heavy atom. The fourth-order valence-corrected chi connectivity index (χ4v) is 4.16. The lowest BCUT2D eigenvalue weighted by Crippen LogP contribution is -2.50. The fourth-order valence-electron chi connectivity index (χ4n) is 4.16. The van der Waals surface area contributed by atoms with Crippen molar-refractivity contribution < 1.29 is 23.5 Å². The first-order valence-electron chi connectivity index (χ1n) is 14.0. The second-order valence-corrected chi connectivity index (χ2v) is 10.4. The molecule has 38 heavy (non-hydrogen) atoms. The van der Waals surface area contributed by atoms with Crippen molar-refractivity contribution in [3.8, 4) is 17.2 Å². The van der Waals surface area contributed by atoms with E-state index in [4.69, 9.17) is 9.47 Å². The van der Waals surface area contributed by atoms with E-state index in [9.17, 15) is 9.59 Å². The number of carbonyl (C=O) groups is 2. The van der Waals surface area contributed by atoms with Gasteiger partial charge in [-0.3, -0.25) is 9.59 Å². The van der Waals surface area contributed by atoms with E-state index >= 15 is 0 Å². The standard InChI is InChI=1S/C32H47N2O4/c1-7-11-21-33(22-12-8-2)31(36)25-34(5,6)23-24-37-32-27(14-9-3)15-13-16-30(32)38-28-19-17-26(18-20-28)29(35)10-4/h9,13,15-20H,3,7-8,10-12,14,21-25H2,1-2,4-6H3/q+1. The number of benzene rings is 2. The van der Waals surface area contributed by atoms with Crippen LogP contribution in [0, 0.1) is 0 Å². The van der Waals surface area contributed by atoms with E-state index in [-0.39, 0.29) is 11.7 Å². The molecule has 0 aliphatic heterocycles. The van der Waals surface area contributed by atoms with E-state index in [0.717, 1.165) is 44.3 Å². The highest BCUT2D eigenvalue weighted by Crippen LogP contribution is 2.35. The minimum absolute atomic E-state index is 0.103. The summed E-state index contributed by atoms with van der Waals surface area (Å²) in [6.07, 6.45) is 7.19. The van der Waals surface area contributed by atoms with Crippen LogP contribution in [-0.2, 0) is 11.2 Å². The van der Waals surface area contributed by atoms with Gasteiger partial charge < -0.3 is 18.9 Å². The minimum Gasteiger partial charge on any atom is -0.483 e. The maximum Gasteiger partial charge on any atom is 0.277 e. The number of Topliss-reactive ketones (excluding diaryl/α,β-unsaturated/α-hetero) is 1. The van der Waals surface area contributed by atoms with Crippen molar-refractivity contribution in [1.82, 2.24) is 4.90 Å². The Bertz CT molecular complexity index is 1020. The van der Waals surface area contributed by atoms with E-state index in [2.05, 4.69) is 34.5 Å². The minimum atomic E-state index is 0.103. The number of likely N-dealkylation sites (N-methyl/N-ethyl adjacent to an activating group) is 1. The molecule has 6 heteroatoms. The lowest BCUT2D eigenvalue weighted by molar-refractivity contribution is -0.882. The van der Waals surface area contributed by atoms with E-state index in [0.29, 0.717) is 59.8 Å². The molecule has 0 radical (unpaired) electrons. The predicted octanol–water partition coefficient (Wildman–Crippen LogP) is 6.68. The highest BCUT2D eigenvalue weighted by Gasteiger charge is 2.24. The molecule has 0 atom stereocenters. The van der Waals surface area contributed by atoms with Crippen LogP contribution >= 0.6 is 0 Å². The van der Waals surface area contributed by atoms with Crippen LogP contribution < -0.4 is 9.47 Å². The number of hydrogen-bond acceptors (Lipinski definition) is 4. The number of rotatable bonds is 18. The molecule has 0 heterocycles. The molecule has 6 nitrogen and oxygen atoms in total. The summed E-state index contributed by atoms with van der Waals surface area (Å²) in [5, 5.41) is 0. The van der Waals surface area contributed by atoms with E-state index in [1.54, 1.807) is 24.3 Å². The third kappa shape index (κ3) is 9.97. The van der Waals surface area contributed by atoms with Gasteiger partial charge in [-0.15, -0.1) is 6.58 Å². The first-order chi connectivity index (χ1) is 18.2. The van der Waals surface area contributed by atoms with Crippen LogP contribution in [0.15, 0.2) is 55.1 Å². The zero-order valence-electron chi connectivity index (χ0n) is 24.1. The second-order valence-electron chi connectivity index (χ2n) is 10.4. The average Bonchev–Trinajstić information content (AvgIpc) is 2.90. The van der Waals surface area contributed by atoms with Crippen LogP contribution in [0.5, 0.6) is 17.2 Å². The fraction of sp³-hybridized carbons (Fsp3) is 0.500. The lowest BCUT2D eigenvalue weighted by Gasteiger charge is -2.32. The summed E-state index contributed by atoms with van der Waals surface area (Å²) in [5.41, 5.74) is 1.66. The molecule has 2 aromatic rings. The van der Waals surface area contributed by atoms with Gasteiger partial charge in [-0.2, -0.15) is 0 Å². The quantitative estimate of drug-likeness (QED) is 0.124. The molecule has 0 N–H and O–H groups in total. The van der Waals surface area contributed by atoms with Gasteiger partial charge in [-0.1, -0.05) is 51.8 Å². The van der Waals surface area contributed by atoms with Crippen molar-refractivity contribution in [3.05, 3.63) is 66.2 Å². The third-order valence-corrected chi connectivity index (χ3v) is 6.57. The molecule has 0 unspecified atom stereocenters. The lowest BCUT2D eigenvalue weighted by atomic mass is 10.1. The topological polar surface area (TPSA) is 55.8 Å². The average molecular weight is 524 g/mol. The van der Waals surface area contributed by atoms with Gasteiger partial charge in [0.1, 0.15) is 18.9 Å². The smallest absolute Gasteiger partial charge is 0.277 e. The Kier molecular flexibility index (Phi) is 13.1. The number of quaternary nitrogens is 1. The molecule has 2 rings (SSSR count). The Labute approximate surface area is 229 Å².